The van der Waals surface area contributed by atoms with Gasteiger partial charge in [0.1, 0.15) is 5.01 Å². The van der Waals surface area contributed by atoms with Crippen LogP contribution in [0.15, 0.2) is 23.6 Å². The molecule has 0 fully saturated rings. The van der Waals surface area contributed by atoms with Crippen LogP contribution in [0.25, 0.3) is 10.6 Å². The van der Waals surface area contributed by atoms with Crippen molar-refractivity contribution >= 4 is 40.5 Å². The van der Waals surface area contributed by atoms with Crippen molar-refractivity contribution < 1.29 is 9.90 Å². The van der Waals surface area contributed by atoms with Gasteiger partial charge in [-0.1, -0.05) is 23.2 Å². The standard InChI is InChI=1S/C12H9Cl2NO2S/c13-8-3-7(4-9(14)5-8)12-15-10(6-18-12)1-2-11(16)17/h3-6H,1-2H2,(H,16,17). The number of aryl methyl sites for hydroxylation is 1. The quantitative estimate of drug-likeness (QED) is 0.923. The molecule has 0 bridgehead atoms. The summed E-state index contributed by atoms with van der Waals surface area (Å²) in [7, 11) is 0. The minimum Gasteiger partial charge on any atom is -0.481 e. The lowest BCUT2D eigenvalue weighted by Gasteiger charge is -1.99. The molecule has 0 radical (unpaired) electrons. The molecule has 0 spiro atoms. The average molecular weight is 302 g/mol. The lowest BCUT2D eigenvalue weighted by molar-refractivity contribution is -0.136. The monoisotopic (exact) mass is 301 g/mol. The van der Waals surface area contributed by atoms with E-state index in [0.717, 1.165) is 16.3 Å². The molecule has 0 amide bonds. The predicted octanol–water partition coefficient (Wildman–Crippen LogP) is 4.13. The van der Waals surface area contributed by atoms with Crippen molar-refractivity contribution in [3.63, 3.8) is 0 Å². The van der Waals surface area contributed by atoms with Gasteiger partial charge in [0.2, 0.25) is 0 Å². The minimum atomic E-state index is -0.824. The van der Waals surface area contributed by atoms with Crippen LogP contribution in [-0.2, 0) is 11.2 Å². The van der Waals surface area contributed by atoms with Gasteiger partial charge in [0.15, 0.2) is 0 Å². The van der Waals surface area contributed by atoms with E-state index in [2.05, 4.69) is 4.98 Å². The van der Waals surface area contributed by atoms with Crippen LogP contribution in [0.2, 0.25) is 10.0 Å². The highest BCUT2D eigenvalue weighted by Crippen LogP contribution is 2.29. The van der Waals surface area contributed by atoms with E-state index in [-0.39, 0.29) is 6.42 Å². The first-order valence-electron chi connectivity index (χ1n) is 5.17. The maximum absolute atomic E-state index is 10.5. The van der Waals surface area contributed by atoms with E-state index in [4.69, 9.17) is 28.3 Å². The van der Waals surface area contributed by atoms with Crippen molar-refractivity contribution in [3.8, 4) is 10.6 Å². The van der Waals surface area contributed by atoms with Crippen LogP contribution < -0.4 is 0 Å². The van der Waals surface area contributed by atoms with Gasteiger partial charge in [0.25, 0.3) is 0 Å². The maximum atomic E-state index is 10.5. The van der Waals surface area contributed by atoms with Crippen LogP contribution in [-0.4, -0.2) is 16.1 Å². The third-order valence-electron chi connectivity index (χ3n) is 2.26. The van der Waals surface area contributed by atoms with Gasteiger partial charge in [-0.05, 0) is 18.2 Å². The highest BCUT2D eigenvalue weighted by atomic mass is 35.5. The molecule has 0 saturated carbocycles. The van der Waals surface area contributed by atoms with E-state index >= 15 is 0 Å². The first-order chi connectivity index (χ1) is 8.54. The van der Waals surface area contributed by atoms with E-state index in [0.29, 0.717) is 16.5 Å². The van der Waals surface area contributed by atoms with Crippen molar-refractivity contribution in [2.24, 2.45) is 0 Å². The van der Waals surface area contributed by atoms with E-state index in [1.807, 2.05) is 5.38 Å². The summed E-state index contributed by atoms with van der Waals surface area (Å²) in [6, 6.07) is 5.23. The Labute approximate surface area is 118 Å². The Balaban J connectivity index is 2.21. The maximum Gasteiger partial charge on any atom is 0.303 e. The van der Waals surface area contributed by atoms with Gasteiger partial charge in [-0.3, -0.25) is 4.79 Å². The van der Waals surface area contributed by atoms with Gasteiger partial charge in [0, 0.05) is 27.4 Å². The number of hydrogen-bond acceptors (Lipinski definition) is 3. The molecule has 18 heavy (non-hydrogen) atoms. The molecular formula is C12H9Cl2NO2S. The minimum absolute atomic E-state index is 0.0828. The van der Waals surface area contributed by atoms with Crippen molar-refractivity contribution in [1.82, 2.24) is 4.98 Å². The molecule has 1 aromatic carbocycles. The molecule has 0 aliphatic carbocycles. The van der Waals surface area contributed by atoms with Crippen molar-refractivity contribution in [2.75, 3.05) is 0 Å². The largest absolute Gasteiger partial charge is 0.481 e. The van der Waals surface area contributed by atoms with Gasteiger partial charge >= 0.3 is 5.97 Å². The van der Waals surface area contributed by atoms with Gasteiger partial charge in [-0.15, -0.1) is 11.3 Å². The fourth-order valence-corrected chi connectivity index (χ4v) is 2.83. The lowest BCUT2D eigenvalue weighted by atomic mass is 10.2. The third-order valence-corrected chi connectivity index (χ3v) is 3.63. The molecular weight excluding hydrogens is 293 g/mol. The molecule has 0 atom stereocenters. The number of hydrogen-bond donors (Lipinski definition) is 1. The fourth-order valence-electron chi connectivity index (χ4n) is 1.47. The molecule has 6 heteroatoms. The average Bonchev–Trinajstić information content (AvgIpc) is 2.73. The number of halogens is 2. The molecule has 94 valence electrons. The first kappa shape index (κ1) is 13.3. The molecule has 2 rings (SSSR count). The van der Waals surface area contributed by atoms with Crippen LogP contribution in [0.3, 0.4) is 0 Å². The molecule has 1 heterocycles. The SMILES string of the molecule is O=C(O)CCc1csc(-c2cc(Cl)cc(Cl)c2)n1. The normalized spacial score (nSPS) is 10.6. The summed E-state index contributed by atoms with van der Waals surface area (Å²) in [5.74, 6) is -0.824. The molecule has 2 aromatic rings. The van der Waals surface area contributed by atoms with Gasteiger partial charge in [-0.25, -0.2) is 4.98 Å². The van der Waals surface area contributed by atoms with Crippen molar-refractivity contribution in [1.29, 1.82) is 0 Å². The van der Waals surface area contributed by atoms with Crippen LogP contribution in [0.1, 0.15) is 12.1 Å². The molecule has 0 aliphatic rings. The fraction of sp³-hybridized carbons (Fsp3) is 0.167. The zero-order valence-electron chi connectivity index (χ0n) is 9.19. The number of carboxylic acid groups (broad SMARTS) is 1. The predicted molar refractivity (Wildman–Crippen MR) is 73.5 cm³/mol. The van der Waals surface area contributed by atoms with E-state index in [1.54, 1.807) is 18.2 Å². The summed E-state index contributed by atoms with van der Waals surface area (Å²) >= 11 is 13.3. The molecule has 1 aromatic heterocycles. The number of benzene rings is 1. The number of aromatic nitrogens is 1. The summed E-state index contributed by atoms with van der Waals surface area (Å²) in [4.78, 5) is 14.9. The van der Waals surface area contributed by atoms with Gasteiger partial charge < -0.3 is 5.11 Å². The van der Waals surface area contributed by atoms with E-state index in [1.165, 1.54) is 11.3 Å². The van der Waals surface area contributed by atoms with Crippen LogP contribution in [0.4, 0.5) is 0 Å². The summed E-state index contributed by atoms with van der Waals surface area (Å²) in [6.45, 7) is 0. The number of carbonyl (C=O) groups is 1. The highest BCUT2D eigenvalue weighted by molar-refractivity contribution is 7.13. The summed E-state index contributed by atoms with van der Waals surface area (Å²) < 4.78 is 0. The van der Waals surface area contributed by atoms with Crippen LogP contribution in [0.5, 0.6) is 0 Å². The zero-order chi connectivity index (χ0) is 13.1. The molecule has 0 saturated heterocycles. The van der Waals surface area contributed by atoms with Crippen molar-refractivity contribution in [2.45, 2.75) is 12.8 Å². The number of nitrogens with zero attached hydrogens (tertiary/aromatic N) is 1. The Morgan fingerprint density at radius 2 is 1.94 bits per heavy atom. The zero-order valence-corrected chi connectivity index (χ0v) is 11.5. The Morgan fingerprint density at radius 1 is 1.28 bits per heavy atom. The molecule has 1 N–H and O–H groups in total. The summed E-state index contributed by atoms with van der Waals surface area (Å²) in [6.07, 6.45) is 0.513. The number of rotatable bonds is 4. The molecule has 0 unspecified atom stereocenters. The van der Waals surface area contributed by atoms with Gasteiger partial charge in [-0.2, -0.15) is 0 Å². The Bertz CT molecular complexity index is 563. The van der Waals surface area contributed by atoms with E-state index < -0.39 is 5.97 Å². The smallest absolute Gasteiger partial charge is 0.303 e. The van der Waals surface area contributed by atoms with Crippen LogP contribution >= 0.6 is 34.5 Å². The van der Waals surface area contributed by atoms with Crippen molar-refractivity contribution in [3.05, 3.63) is 39.3 Å². The second kappa shape index (κ2) is 5.69. The summed E-state index contributed by atoms with van der Waals surface area (Å²) in [5, 5.41) is 12.4. The lowest BCUT2D eigenvalue weighted by Crippen LogP contribution is -1.97. The molecule has 3 nitrogen and oxygen atoms in total. The van der Waals surface area contributed by atoms with Crippen LogP contribution in [0, 0.1) is 0 Å². The number of aliphatic carboxylic acids is 1. The second-order valence-corrected chi connectivity index (χ2v) is 5.43. The topological polar surface area (TPSA) is 50.2 Å². The highest BCUT2D eigenvalue weighted by Gasteiger charge is 2.08. The number of thiazole rings is 1. The number of carboxylic acids is 1. The Kier molecular flexibility index (Phi) is 4.22. The van der Waals surface area contributed by atoms with E-state index in [9.17, 15) is 4.79 Å². The van der Waals surface area contributed by atoms with Gasteiger partial charge in [0.05, 0.1) is 12.1 Å². The Hall–Kier alpha value is -1.10. The Morgan fingerprint density at radius 3 is 2.56 bits per heavy atom. The third kappa shape index (κ3) is 3.45. The molecule has 0 aliphatic heterocycles. The second-order valence-electron chi connectivity index (χ2n) is 3.70. The summed E-state index contributed by atoms with van der Waals surface area (Å²) in [5.41, 5.74) is 1.62. The first-order valence-corrected chi connectivity index (χ1v) is 6.81.